The van der Waals surface area contributed by atoms with Crippen LogP contribution in [0.4, 0.5) is 0 Å². The molecule has 0 aromatic carbocycles. The minimum Gasteiger partial charge on any atom is -0.480 e. The molecule has 0 aliphatic heterocycles. The topological polar surface area (TPSA) is 140 Å². The van der Waals surface area contributed by atoms with Crippen molar-refractivity contribution in [1.29, 1.82) is 0 Å². The van der Waals surface area contributed by atoms with Crippen LogP contribution in [0.2, 0.25) is 0 Å². The lowest BCUT2D eigenvalue weighted by Crippen LogP contribution is -2.02. The van der Waals surface area contributed by atoms with Gasteiger partial charge in [0.25, 0.3) is 0 Å². The second-order valence-electron chi connectivity index (χ2n) is 6.14. The number of aromatic nitrogens is 4. The Kier molecular flexibility index (Phi) is 4.97. The number of hydrogen-bond donors (Lipinski definition) is 2. The van der Waals surface area contributed by atoms with Crippen molar-refractivity contribution < 1.29 is 19.8 Å². The predicted molar refractivity (Wildman–Crippen MR) is 94.3 cm³/mol. The molecule has 0 spiro atoms. The highest BCUT2D eigenvalue weighted by molar-refractivity contribution is 5.89. The van der Waals surface area contributed by atoms with Gasteiger partial charge < -0.3 is 15.1 Å². The third kappa shape index (κ3) is 3.41. The number of pyridine rings is 1. The highest BCUT2D eigenvalue weighted by atomic mass is 16.6. The average molecular weight is 371 g/mol. The summed E-state index contributed by atoms with van der Waals surface area (Å²) in [6, 6.07) is 3.01. The van der Waals surface area contributed by atoms with Gasteiger partial charge in [0.2, 0.25) is 5.88 Å². The van der Waals surface area contributed by atoms with E-state index < -0.39 is 5.97 Å². The van der Waals surface area contributed by atoms with Crippen molar-refractivity contribution in [2.75, 3.05) is 7.11 Å². The summed E-state index contributed by atoms with van der Waals surface area (Å²) in [4.78, 5) is 32.2. The first-order valence-corrected chi connectivity index (χ1v) is 8.08. The maximum atomic E-state index is 11.2. The van der Waals surface area contributed by atoms with Crippen molar-refractivity contribution in [2.45, 2.75) is 19.3 Å². The number of hydrogen-bond acceptors (Lipinski definition) is 7. The number of ether oxygens (including phenoxy) is 1. The Morgan fingerprint density at radius 2 is 2.07 bits per heavy atom. The minimum atomic E-state index is -0.988. The molecule has 2 atom stereocenters. The van der Waals surface area contributed by atoms with Crippen molar-refractivity contribution in [1.82, 2.24) is 19.5 Å². The molecule has 10 nitrogen and oxygen atoms in total. The van der Waals surface area contributed by atoms with Gasteiger partial charge in [0.15, 0.2) is 11.0 Å². The molecule has 27 heavy (non-hydrogen) atoms. The van der Waals surface area contributed by atoms with Crippen LogP contribution in [-0.4, -0.2) is 42.9 Å². The van der Waals surface area contributed by atoms with Crippen LogP contribution in [0.15, 0.2) is 36.2 Å². The highest BCUT2D eigenvalue weighted by Gasteiger charge is 2.37. The van der Waals surface area contributed by atoms with E-state index in [1.165, 1.54) is 30.0 Å². The summed E-state index contributed by atoms with van der Waals surface area (Å²) in [5.41, 5.74) is 1.98. The molecule has 3 aromatic rings. The molecule has 2 unspecified atom stereocenters. The Morgan fingerprint density at radius 3 is 2.67 bits per heavy atom. The number of carboxylic acid groups (broad SMARTS) is 1. The minimum absolute atomic E-state index is 0.184. The van der Waals surface area contributed by atoms with E-state index in [1.807, 2.05) is 10.8 Å². The van der Waals surface area contributed by atoms with Gasteiger partial charge in [-0.15, -0.1) is 4.91 Å². The smallest absolute Gasteiger partial charge is 0.335 e. The Morgan fingerprint density at radius 1 is 1.37 bits per heavy atom. The van der Waals surface area contributed by atoms with Crippen LogP contribution in [-0.2, 0) is 0 Å². The number of carboxylic acids is 1. The van der Waals surface area contributed by atoms with Gasteiger partial charge >= 0.3 is 5.97 Å². The lowest BCUT2D eigenvalue weighted by Gasteiger charge is -2.05. The van der Waals surface area contributed by atoms with Crippen LogP contribution in [0.1, 0.15) is 35.2 Å². The Hall–Kier alpha value is -3.56. The predicted octanol–water partition coefficient (Wildman–Crippen LogP) is 2.79. The molecule has 1 saturated carbocycles. The Balaban J connectivity index is 0.000000659. The van der Waals surface area contributed by atoms with Crippen LogP contribution < -0.4 is 4.74 Å². The monoisotopic (exact) mass is 371 g/mol. The van der Waals surface area contributed by atoms with Gasteiger partial charge in [-0.2, -0.15) is 0 Å². The number of nitrogens with zero attached hydrogens (tertiary/aromatic N) is 5. The summed E-state index contributed by atoms with van der Waals surface area (Å²) < 4.78 is 7.23. The zero-order valence-electron chi connectivity index (χ0n) is 14.6. The Labute approximate surface area is 153 Å². The van der Waals surface area contributed by atoms with E-state index in [2.05, 4.69) is 21.9 Å². The molecule has 1 fully saturated rings. The van der Waals surface area contributed by atoms with Crippen LogP contribution in [0.3, 0.4) is 0 Å². The van der Waals surface area contributed by atoms with Crippen molar-refractivity contribution >= 4 is 17.0 Å². The number of aromatic carboxylic acids is 1. The van der Waals surface area contributed by atoms with Crippen LogP contribution >= 0.6 is 0 Å². The molecule has 0 saturated heterocycles. The van der Waals surface area contributed by atoms with E-state index >= 15 is 0 Å². The largest absolute Gasteiger partial charge is 0.480 e. The lowest BCUT2D eigenvalue weighted by atomic mass is 10.1. The SMILES string of the molecule is COc1ncnc2c1c(C1CC1C)cn2-c1cc(C(=O)O)ccn1.O=NO. The molecule has 10 heteroatoms. The van der Waals surface area contributed by atoms with Crippen LogP contribution in [0, 0.1) is 10.8 Å². The van der Waals surface area contributed by atoms with E-state index in [-0.39, 0.29) is 5.56 Å². The molecule has 0 radical (unpaired) electrons. The Bertz CT molecular complexity index is 1000. The summed E-state index contributed by atoms with van der Waals surface area (Å²) in [7, 11) is 1.59. The fourth-order valence-corrected chi connectivity index (χ4v) is 3.11. The zero-order chi connectivity index (χ0) is 19.6. The van der Waals surface area contributed by atoms with Crippen LogP contribution in [0.25, 0.3) is 16.9 Å². The van der Waals surface area contributed by atoms with Gasteiger partial charge in [-0.1, -0.05) is 6.92 Å². The molecule has 1 aliphatic rings. The second kappa shape index (κ2) is 7.36. The van der Waals surface area contributed by atoms with Gasteiger partial charge in [0, 0.05) is 12.4 Å². The van der Waals surface area contributed by atoms with Crippen molar-refractivity contribution in [3.63, 3.8) is 0 Å². The molecule has 4 rings (SSSR count). The maximum Gasteiger partial charge on any atom is 0.335 e. The molecular formula is C17H17N5O5. The third-order valence-corrected chi connectivity index (χ3v) is 4.52. The van der Waals surface area contributed by atoms with E-state index in [4.69, 9.17) is 14.9 Å². The molecular weight excluding hydrogens is 354 g/mol. The van der Waals surface area contributed by atoms with Gasteiger partial charge in [0.1, 0.15) is 12.1 Å². The van der Waals surface area contributed by atoms with Gasteiger partial charge in [-0.3, -0.25) is 4.57 Å². The van der Waals surface area contributed by atoms with Gasteiger partial charge in [0.05, 0.1) is 18.1 Å². The molecule has 3 aromatic heterocycles. The van der Waals surface area contributed by atoms with E-state index in [0.717, 1.165) is 17.4 Å². The fourth-order valence-electron chi connectivity index (χ4n) is 3.11. The third-order valence-electron chi connectivity index (χ3n) is 4.52. The molecule has 140 valence electrons. The summed E-state index contributed by atoms with van der Waals surface area (Å²) in [6.45, 7) is 2.20. The maximum absolute atomic E-state index is 11.2. The van der Waals surface area contributed by atoms with Gasteiger partial charge in [-0.25, -0.2) is 19.7 Å². The second-order valence-corrected chi connectivity index (χ2v) is 6.14. The normalized spacial score (nSPS) is 17.7. The molecule has 1 aliphatic carbocycles. The zero-order valence-corrected chi connectivity index (χ0v) is 14.6. The molecule has 0 amide bonds. The quantitative estimate of drug-likeness (QED) is 0.527. The standard InChI is InChI=1S/C17H16N4O3.HNO2/c1-9-5-11(9)12-7-21(13-6-10(17(22)23)3-4-18-13)15-14(12)16(24-2)20-8-19-15;2-1-3/h3-4,6-9,11H,5H2,1-2H3,(H,22,23);(H,2,3). The first-order chi connectivity index (χ1) is 13.0. The number of carbonyl (C=O) groups is 1. The van der Waals surface area contributed by atoms with Crippen molar-refractivity contribution in [3.8, 4) is 11.7 Å². The summed E-state index contributed by atoms with van der Waals surface area (Å²) in [5.74, 6) is 1.10. The van der Waals surface area contributed by atoms with E-state index in [1.54, 1.807) is 7.11 Å². The van der Waals surface area contributed by atoms with Crippen molar-refractivity contribution in [2.24, 2.45) is 11.3 Å². The fraction of sp³-hybridized carbons (Fsp3) is 0.294. The number of fused-ring (bicyclic) bond motifs is 1. The van der Waals surface area contributed by atoms with E-state index in [0.29, 0.717) is 29.2 Å². The molecule has 0 bridgehead atoms. The van der Waals surface area contributed by atoms with Gasteiger partial charge in [-0.05, 0) is 36.0 Å². The van der Waals surface area contributed by atoms with E-state index in [9.17, 15) is 9.90 Å². The summed E-state index contributed by atoms with van der Waals surface area (Å²) >= 11 is 0. The first kappa shape index (κ1) is 18.2. The molecule has 3 heterocycles. The lowest BCUT2D eigenvalue weighted by molar-refractivity contribution is 0.0696. The average Bonchev–Trinajstić information content (AvgIpc) is 3.26. The number of methoxy groups -OCH3 is 1. The molecule has 2 N–H and O–H groups in total. The van der Waals surface area contributed by atoms with Crippen molar-refractivity contribution in [3.05, 3.63) is 46.9 Å². The number of rotatable bonds is 4. The summed E-state index contributed by atoms with van der Waals surface area (Å²) in [6.07, 6.45) is 6.02. The van der Waals surface area contributed by atoms with Crippen LogP contribution in [0.5, 0.6) is 5.88 Å². The first-order valence-electron chi connectivity index (χ1n) is 8.08. The highest BCUT2D eigenvalue weighted by Crippen LogP contribution is 2.50. The summed E-state index contributed by atoms with van der Waals surface area (Å²) in [5, 5.41) is 18.0.